The number of hydrogen-bond acceptors (Lipinski definition) is 4. The molecule has 17 heavy (non-hydrogen) atoms. The lowest BCUT2D eigenvalue weighted by atomic mass is 9.89. The molecule has 0 atom stereocenters. The lowest BCUT2D eigenvalue weighted by Crippen LogP contribution is -2.26. The Kier molecular flexibility index (Phi) is 3.41. The van der Waals surface area contributed by atoms with Crippen LogP contribution in [-0.4, -0.2) is 23.2 Å². The van der Waals surface area contributed by atoms with Crippen LogP contribution in [-0.2, 0) is 0 Å². The molecule has 1 aromatic heterocycles. The molecule has 2 heterocycles. The Bertz CT molecular complexity index is 319. The van der Waals surface area contributed by atoms with Gasteiger partial charge in [0.15, 0.2) is 5.82 Å². The van der Waals surface area contributed by atoms with Crippen molar-refractivity contribution in [3.8, 4) is 0 Å². The first-order valence-electron chi connectivity index (χ1n) is 6.97. The molecule has 2 aliphatic rings. The van der Waals surface area contributed by atoms with Gasteiger partial charge in [-0.1, -0.05) is 24.4 Å². The van der Waals surface area contributed by atoms with E-state index in [0.29, 0.717) is 11.8 Å². The summed E-state index contributed by atoms with van der Waals surface area (Å²) in [6, 6.07) is 0. The fourth-order valence-electron chi connectivity index (χ4n) is 3.01. The monoisotopic (exact) mass is 235 g/mol. The number of nitrogens with zero attached hydrogens (tertiary/aromatic N) is 2. The standard InChI is InChI=1S/C13H21N3O/c1-2-4-10(5-3-1)12-15-13(17-16-12)11-6-8-14-9-7-11/h10-11,14H,1-9H2. The highest BCUT2D eigenvalue weighted by molar-refractivity contribution is 5.01. The van der Waals surface area contributed by atoms with Gasteiger partial charge in [-0.3, -0.25) is 0 Å². The molecule has 1 aromatic rings. The zero-order valence-electron chi connectivity index (χ0n) is 10.3. The van der Waals surface area contributed by atoms with Crippen molar-refractivity contribution in [2.45, 2.75) is 56.8 Å². The molecule has 2 fully saturated rings. The lowest BCUT2D eigenvalue weighted by Gasteiger charge is -2.19. The Morgan fingerprint density at radius 2 is 1.71 bits per heavy atom. The van der Waals surface area contributed by atoms with E-state index >= 15 is 0 Å². The van der Waals surface area contributed by atoms with Crippen LogP contribution in [0.1, 0.15) is 68.5 Å². The molecule has 1 aliphatic carbocycles. The third kappa shape index (κ3) is 2.51. The molecule has 1 N–H and O–H groups in total. The molecular weight excluding hydrogens is 214 g/mol. The van der Waals surface area contributed by atoms with Crippen molar-refractivity contribution >= 4 is 0 Å². The fourth-order valence-corrected chi connectivity index (χ4v) is 3.01. The summed E-state index contributed by atoms with van der Waals surface area (Å²) >= 11 is 0. The summed E-state index contributed by atoms with van der Waals surface area (Å²) in [5.41, 5.74) is 0. The average Bonchev–Trinajstić information content (AvgIpc) is 2.90. The van der Waals surface area contributed by atoms with Crippen molar-refractivity contribution in [2.24, 2.45) is 0 Å². The molecule has 1 saturated carbocycles. The highest BCUT2D eigenvalue weighted by atomic mass is 16.5. The summed E-state index contributed by atoms with van der Waals surface area (Å²) < 4.78 is 5.47. The minimum atomic E-state index is 0.487. The van der Waals surface area contributed by atoms with Crippen LogP contribution in [0.4, 0.5) is 0 Å². The largest absolute Gasteiger partial charge is 0.339 e. The summed E-state index contributed by atoms with van der Waals surface area (Å²) in [5, 5.41) is 7.57. The van der Waals surface area contributed by atoms with Gasteiger partial charge < -0.3 is 9.84 Å². The highest BCUT2D eigenvalue weighted by Gasteiger charge is 2.25. The van der Waals surface area contributed by atoms with E-state index < -0.39 is 0 Å². The van der Waals surface area contributed by atoms with Gasteiger partial charge in [0.25, 0.3) is 0 Å². The van der Waals surface area contributed by atoms with Crippen molar-refractivity contribution in [3.63, 3.8) is 0 Å². The van der Waals surface area contributed by atoms with E-state index in [0.717, 1.165) is 37.6 Å². The molecule has 0 spiro atoms. The quantitative estimate of drug-likeness (QED) is 0.856. The smallest absolute Gasteiger partial charge is 0.229 e. The zero-order valence-corrected chi connectivity index (χ0v) is 10.3. The average molecular weight is 235 g/mol. The van der Waals surface area contributed by atoms with Crippen LogP contribution in [0.2, 0.25) is 0 Å². The summed E-state index contributed by atoms with van der Waals surface area (Å²) in [5.74, 6) is 2.90. The molecular formula is C13H21N3O. The van der Waals surface area contributed by atoms with E-state index in [4.69, 9.17) is 4.52 Å². The molecule has 0 amide bonds. The van der Waals surface area contributed by atoms with E-state index in [-0.39, 0.29) is 0 Å². The summed E-state index contributed by atoms with van der Waals surface area (Å²) in [4.78, 5) is 4.65. The Balaban J connectivity index is 1.68. The van der Waals surface area contributed by atoms with E-state index in [2.05, 4.69) is 15.5 Å². The van der Waals surface area contributed by atoms with Crippen LogP contribution in [0.3, 0.4) is 0 Å². The third-order valence-electron chi connectivity index (χ3n) is 4.12. The molecule has 1 aliphatic heterocycles. The van der Waals surface area contributed by atoms with Gasteiger partial charge >= 0.3 is 0 Å². The maximum absolute atomic E-state index is 5.47. The number of rotatable bonds is 2. The van der Waals surface area contributed by atoms with Crippen molar-refractivity contribution in [3.05, 3.63) is 11.7 Å². The Morgan fingerprint density at radius 1 is 0.941 bits per heavy atom. The minimum Gasteiger partial charge on any atom is -0.339 e. The predicted octanol–water partition coefficient (Wildman–Crippen LogP) is 2.58. The fraction of sp³-hybridized carbons (Fsp3) is 0.846. The van der Waals surface area contributed by atoms with Crippen molar-refractivity contribution in [2.75, 3.05) is 13.1 Å². The first-order chi connectivity index (χ1) is 8.43. The molecule has 94 valence electrons. The molecule has 4 heteroatoms. The van der Waals surface area contributed by atoms with Crippen molar-refractivity contribution < 1.29 is 4.52 Å². The first-order valence-corrected chi connectivity index (χ1v) is 6.97. The summed E-state index contributed by atoms with van der Waals surface area (Å²) in [6.45, 7) is 2.15. The second-order valence-corrected chi connectivity index (χ2v) is 5.35. The molecule has 0 bridgehead atoms. The van der Waals surface area contributed by atoms with Crippen LogP contribution < -0.4 is 5.32 Å². The maximum atomic E-state index is 5.47. The van der Waals surface area contributed by atoms with Gasteiger partial charge in [0, 0.05) is 11.8 Å². The van der Waals surface area contributed by atoms with Gasteiger partial charge in [0.1, 0.15) is 0 Å². The summed E-state index contributed by atoms with van der Waals surface area (Å²) in [6.07, 6.45) is 8.76. The normalized spacial score (nSPS) is 24.0. The Labute approximate surface area is 102 Å². The zero-order chi connectivity index (χ0) is 11.5. The summed E-state index contributed by atoms with van der Waals surface area (Å²) in [7, 11) is 0. The van der Waals surface area contributed by atoms with E-state index in [1.165, 1.54) is 32.1 Å². The van der Waals surface area contributed by atoms with Gasteiger partial charge in [-0.15, -0.1) is 0 Å². The topological polar surface area (TPSA) is 51.0 Å². The van der Waals surface area contributed by atoms with Crippen molar-refractivity contribution in [1.29, 1.82) is 0 Å². The van der Waals surface area contributed by atoms with Crippen LogP contribution in [0.5, 0.6) is 0 Å². The van der Waals surface area contributed by atoms with Crippen LogP contribution in [0, 0.1) is 0 Å². The second-order valence-electron chi connectivity index (χ2n) is 5.35. The second kappa shape index (κ2) is 5.17. The SMILES string of the molecule is C1CCC(c2noc(C3CCNCC3)n2)CC1. The predicted molar refractivity (Wildman–Crippen MR) is 65.0 cm³/mol. The molecule has 1 saturated heterocycles. The minimum absolute atomic E-state index is 0.487. The molecule has 0 aromatic carbocycles. The van der Waals surface area contributed by atoms with Crippen LogP contribution in [0.15, 0.2) is 4.52 Å². The first kappa shape index (κ1) is 11.2. The van der Waals surface area contributed by atoms with Crippen LogP contribution >= 0.6 is 0 Å². The third-order valence-corrected chi connectivity index (χ3v) is 4.12. The number of aromatic nitrogens is 2. The van der Waals surface area contributed by atoms with E-state index in [1.807, 2.05) is 0 Å². The van der Waals surface area contributed by atoms with Gasteiger partial charge in [0.2, 0.25) is 5.89 Å². The lowest BCUT2D eigenvalue weighted by molar-refractivity contribution is 0.314. The Hall–Kier alpha value is -0.900. The van der Waals surface area contributed by atoms with Crippen LogP contribution in [0.25, 0.3) is 0 Å². The van der Waals surface area contributed by atoms with Gasteiger partial charge in [-0.05, 0) is 38.8 Å². The van der Waals surface area contributed by atoms with E-state index in [9.17, 15) is 0 Å². The van der Waals surface area contributed by atoms with E-state index in [1.54, 1.807) is 0 Å². The molecule has 0 unspecified atom stereocenters. The number of hydrogen-bond donors (Lipinski definition) is 1. The van der Waals surface area contributed by atoms with Gasteiger partial charge in [0.05, 0.1) is 0 Å². The Morgan fingerprint density at radius 3 is 2.47 bits per heavy atom. The van der Waals surface area contributed by atoms with Crippen molar-refractivity contribution in [1.82, 2.24) is 15.5 Å². The molecule has 4 nitrogen and oxygen atoms in total. The highest BCUT2D eigenvalue weighted by Crippen LogP contribution is 2.32. The maximum Gasteiger partial charge on any atom is 0.229 e. The van der Waals surface area contributed by atoms with Gasteiger partial charge in [-0.2, -0.15) is 4.98 Å². The van der Waals surface area contributed by atoms with Gasteiger partial charge in [-0.25, -0.2) is 0 Å². The molecule has 0 radical (unpaired) electrons. The number of nitrogens with one attached hydrogen (secondary N) is 1. The molecule has 3 rings (SSSR count). The number of piperidine rings is 1.